The van der Waals surface area contributed by atoms with Gasteiger partial charge < -0.3 is 9.80 Å². The number of anilines is 1. The molecule has 3 aromatic rings. The second-order valence-corrected chi connectivity index (χ2v) is 7.69. The van der Waals surface area contributed by atoms with E-state index in [0.29, 0.717) is 36.0 Å². The van der Waals surface area contributed by atoms with Crippen LogP contribution >= 0.6 is 11.3 Å². The minimum Gasteiger partial charge on any atom is -0.345 e. The Bertz CT molecular complexity index is 1010. The van der Waals surface area contributed by atoms with Gasteiger partial charge in [-0.2, -0.15) is 5.10 Å². The number of carbonyl (C=O) groups is 1. The Balaban J connectivity index is 1.42. The maximum absolute atomic E-state index is 13.9. The van der Waals surface area contributed by atoms with Crippen LogP contribution in [0.15, 0.2) is 18.2 Å². The van der Waals surface area contributed by atoms with Gasteiger partial charge in [0.25, 0.3) is 0 Å². The van der Waals surface area contributed by atoms with E-state index in [1.165, 1.54) is 17.4 Å². The summed E-state index contributed by atoms with van der Waals surface area (Å²) in [4.78, 5) is 20.7. The molecule has 1 aromatic carbocycles. The predicted molar refractivity (Wildman–Crippen MR) is 100 cm³/mol. The summed E-state index contributed by atoms with van der Waals surface area (Å²) in [5.41, 5.74) is 2.05. The Kier molecular flexibility index (Phi) is 4.55. The van der Waals surface area contributed by atoms with E-state index < -0.39 is 11.6 Å². The number of rotatable bonds is 3. The van der Waals surface area contributed by atoms with Crippen molar-refractivity contribution in [2.45, 2.75) is 20.4 Å². The van der Waals surface area contributed by atoms with Crippen molar-refractivity contribution in [1.29, 1.82) is 0 Å². The standard InChI is InChI=1S/C18H19F2N5OS/c1-11-7-12(2)25(22-11)10-16(26)23-3-5-24(6-4-23)18-21-17-14(20)8-13(19)9-15(17)27-18/h7-9H,3-6,10H2,1-2H3. The summed E-state index contributed by atoms with van der Waals surface area (Å²) >= 11 is 1.27. The predicted octanol–water partition coefficient (Wildman–Crippen LogP) is 2.74. The monoisotopic (exact) mass is 391 g/mol. The number of hydrogen-bond acceptors (Lipinski definition) is 5. The van der Waals surface area contributed by atoms with Crippen molar-refractivity contribution in [2.75, 3.05) is 31.1 Å². The van der Waals surface area contributed by atoms with Gasteiger partial charge in [0.2, 0.25) is 5.91 Å². The van der Waals surface area contributed by atoms with Gasteiger partial charge in [0.1, 0.15) is 17.9 Å². The lowest BCUT2D eigenvalue weighted by Crippen LogP contribution is -2.49. The third-order valence-corrected chi connectivity index (χ3v) is 5.76. The van der Waals surface area contributed by atoms with Crippen LogP contribution < -0.4 is 4.90 Å². The zero-order chi connectivity index (χ0) is 19.1. The summed E-state index contributed by atoms with van der Waals surface area (Å²) in [7, 11) is 0. The molecular weight excluding hydrogens is 372 g/mol. The lowest BCUT2D eigenvalue weighted by atomic mass is 10.3. The summed E-state index contributed by atoms with van der Waals surface area (Å²) < 4.78 is 29.4. The molecule has 27 heavy (non-hydrogen) atoms. The number of carbonyl (C=O) groups excluding carboxylic acids is 1. The normalized spacial score (nSPS) is 15.0. The molecule has 0 unspecified atom stereocenters. The lowest BCUT2D eigenvalue weighted by Gasteiger charge is -2.34. The van der Waals surface area contributed by atoms with E-state index in [1.807, 2.05) is 24.8 Å². The molecular formula is C18H19F2N5OS. The van der Waals surface area contributed by atoms with Crippen molar-refractivity contribution < 1.29 is 13.6 Å². The highest BCUT2D eigenvalue weighted by molar-refractivity contribution is 7.22. The van der Waals surface area contributed by atoms with E-state index in [9.17, 15) is 13.6 Å². The first-order valence-corrected chi connectivity index (χ1v) is 9.52. The number of aryl methyl sites for hydroxylation is 2. The van der Waals surface area contributed by atoms with Crippen LogP contribution in [-0.2, 0) is 11.3 Å². The van der Waals surface area contributed by atoms with E-state index in [1.54, 1.807) is 9.58 Å². The molecule has 2 aromatic heterocycles. The van der Waals surface area contributed by atoms with Crippen molar-refractivity contribution in [3.8, 4) is 0 Å². The highest BCUT2D eigenvalue weighted by Crippen LogP contribution is 2.31. The molecule has 1 saturated heterocycles. The zero-order valence-electron chi connectivity index (χ0n) is 15.1. The molecule has 0 aliphatic carbocycles. The average Bonchev–Trinajstić information content (AvgIpc) is 3.18. The Morgan fingerprint density at radius 2 is 1.89 bits per heavy atom. The van der Waals surface area contributed by atoms with Crippen molar-refractivity contribution >= 4 is 32.6 Å². The first-order chi connectivity index (χ1) is 12.9. The number of thiazole rings is 1. The van der Waals surface area contributed by atoms with Gasteiger partial charge in [-0.05, 0) is 26.0 Å². The molecule has 0 radical (unpaired) electrons. The van der Waals surface area contributed by atoms with Crippen molar-refractivity contribution in [2.24, 2.45) is 0 Å². The molecule has 0 N–H and O–H groups in total. The number of nitrogens with zero attached hydrogens (tertiary/aromatic N) is 5. The van der Waals surface area contributed by atoms with Crippen LogP contribution in [0.4, 0.5) is 13.9 Å². The van der Waals surface area contributed by atoms with Crippen LogP contribution in [-0.4, -0.2) is 51.8 Å². The summed E-state index contributed by atoms with van der Waals surface area (Å²) in [6.45, 7) is 6.39. The third kappa shape index (κ3) is 3.51. The van der Waals surface area contributed by atoms with Gasteiger partial charge in [-0.1, -0.05) is 11.3 Å². The molecule has 4 rings (SSSR count). The molecule has 3 heterocycles. The molecule has 1 aliphatic rings. The summed E-state index contributed by atoms with van der Waals surface area (Å²) in [5.74, 6) is -1.22. The van der Waals surface area contributed by atoms with Crippen molar-refractivity contribution in [1.82, 2.24) is 19.7 Å². The molecule has 0 bridgehead atoms. The maximum Gasteiger partial charge on any atom is 0.244 e. The summed E-state index contributed by atoms with van der Waals surface area (Å²) in [6.07, 6.45) is 0. The molecule has 9 heteroatoms. The number of fused-ring (bicyclic) bond motifs is 1. The second kappa shape index (κ2) is 6.88. The fourth-order valence-electron chi connectivity index (χ4n) is 3.29. The number of amides is 1. The van der Waals surface area contributed by atoms with Crippen molar-refractivity contribution in [3.05, 3.63) is 41.2 Å². The number of hydrogen-bond donors (Lipinski definition) is 0. The first-order valence-electron chi connectivity index (χ1n) is 8.70. The van der Waals surface area contributed by atoms with Crippen LogP contribution in [0.1, 0.15) is 11.4 Å². The molecule has 142 valence electrons. The Labute approximate surface area is 159 Å². The fourth-order valence-corrected chi connectivity index (χ4v) is 4.35. The quantitative estimate of drug-likeness (QED) is 0.689. The fraction of sp³-hybridized carbons (Fsp3) is 0.389. The van der Waals surface area contributed by atoms with E-state index in [2.05, 4.69) is 10.1 Å². The second-order valence-electron chi connectivity index (χ2n) is 6.68. The minimum absolute atomic E-state index is 0.0262. The van der Waals surface area contributed by atoms with E-state index in [4.69, 9.17) is 0 Å². The number of halogens is 2. The smallest absolute Gasteiger partial charge is 0.244 e. The largest absolute Gasteiger partial charge is 0.345 e. The summed E-state index contributed by atoms with van der Waals surface area (Å²) in [5, 5.41) is 4.98. The van der Waals surface area contributed by atoms with Gasteiger partial charge >= 0.3 is 0 Å². The number of piperazine rings is 1. The van der Waals surface area contributed by atoms with Crippen LogP contribution in [0, 0.1) is 25.5 Å². The Hall–Kier alpha value is -2.55. The van der Waals surface area contributed by atoms with Gasteiger partial charge in [-0.25, -0.2) is 13.8 Å². The molecule has 1 amide bonds. The van der Waals surface area contributed by atoms with E-state index in [0.717, 1.165) is 17.5 Å². The zero-order valence-corrected chi connectivity index (χ0v) is 15.9. The van der Waals surface area contributed by atoms with E-state index in [-0.39, 0.29) is 18.0 Å². The third-order valence-electron chi connectivity index (χ3n) is 4.69. The Morgan fingerprint density at radius 1 is 1.15 bits per heavy atom. The highest BCUT2D eigenvalue weighted by Gasteiger charge is 2.24. The molecule has 0 atom stereocenters. The molecule has 0 saturated carbocycles. The lowest BCUT2D eigenvalue weighted by molar-refractivity contribution is -0.132. The highest BCUT2D eigenvalue weighted by atomic mass is 32.1. The molecule has 6 nitrogen and oxygen atoms in total. The van der Waals surface area contributed by atoms with Crippen LogP contribution in [0.5, 0.6) is 0 Å². The maximum atomic E-state index is 13.9. The topological polar surface area (TPSA) is 54.3 Å². The number of aromatic nitrogens is 3. The van der Waals surface area contributed by atoms with Gasteiger partial charge in [-0.15, -0.1) is 0 Å². The van der Waals surface area contributed by atoms with Gasteiger partial charge in [0.15, 0.2) is 10.9 Å². The van der Waals surface area contributed by atoms with Gasteiger partial charge in [0, 0.05) is 37.9 Å². The van der Waals surface area contributed by atoms with Crippen LogP contribution in [0.2, 0.25) is 0 Å². The molecule has 1 fully saturated rings. The van der Waals surface area contributed by atoms with Gasteiger partial charge in [0.05, 0.1) is 10.4 Å². The van der Waals surface area contributed by atoms with Crippen LogP contribution in [0.3, 0.4) is 0 Å². The van der Waals surface area contributed by atoms with E-state index >= 15 is 0 Å². The summed E-state index contributed by atoms with van der Waals surface area (Å²) in [6, 6.07) is 4.09. The van der Waals surface area contributed by atoms with Gasteiger partial charge in [-0.3, -0.25) is 9.48 Å². The first kappa shape index (κ1) is 17.8. The SMILES string of the molecule is Cc1cc(C)n(CC(=O)N2CCN(c3nc4c(F)cc(F)cc4s3)CC2)n1. The minimum atomic E-state index is -0.647. The van der Waals surface area contributed by atoms with Crippen molar-refractivity contribution in [3.63, 3.8) is 0 Å². The molecule has 1 aliphatic heterocycles. The Morgan fingerprint density at radius 3 is 2.56 bits per heavy atom. The van der Waals surface area contributed by atoms with Crippen LogP contribution in [0.25, 0.3) is 10.2 Å². The average molecular weight is 391 g/mol. The number of benzene rings is 1. The molecule has 0 spiro atoms.